The van der Waals surface area contributed by atoms with Gasteiger partial charge in [-0.1, -0.05) is 0 Å². The number of hydrogen-bond acceptors (Lipinski definition) is 10. The van der Waals surface area contributed by atoms with E-state index in [9.17, 15) is 4.21 Å². The van der Waals surface area contributed by atoms with E-state index < -0.39 is 17.5 Å². The number of rotatable bonds is 8. The van der Waals surface area contributed by atoms with Crippen LogP contribution in [-0.4, -0.2) is 81.7 Å². The van der Waals surface area contributed by atoms with E-state index in [1.807, 2.05) is 26.1 Å². The molecule has 2 aliphatic heterocycles. The Balaban J connectivity index is 1.68. The minimum atomic E-state index is -1.38. The smallest absolute Gasteiger partial charge is 0.195 e. The van der Waals surface area contributed by atoms with Gasteiger partial charge in [-0.2, -0.15) is 0 Å². The SMILES string of the molecule is CC1=NC(N)N=C(c2cc([C@@H](C)N3CCOCC3)cnc2Nc2cnc(C)c(NS(=O)N(C)C)c2)N1. The molecule has 0 amide bonds. The molecular formula is C23H34N10O2S. The molecule has 2 aliphatic rings. The Morgan fingerprint density at radius 3 is 2.64 bits per heavy atom. The van der Waals surface area contributed by atoms with Crippen LogP contribution in [0.5, 0.6) is 0 Å². The molecule has 2 unspecified atom stereocenters. The molecule has 0 aromatic carbocycles. The normalized spacial score (nSPS) is 20.2. The van der Waals surface area contributed by atoms with E-state index in [-0.39, 0.29) is 6.04 Å². The van der Waals surface area contributed by atoms with Crippen LogP contribution in [0.3, 0.4) is 0 Å². The van der Waals surface area contributed by atoms with E-state index in [1.165, 1.54) is 0 Å². The van der Waals surface area contributed by atoms with Crippen molar-refractivity contribution in [3.8, 4) is 0 Å². The number of aliphatic imine (C=N–C) groups is 2. The van der Waals surface area contributed by atoms with Gasteiger partial charge in [0.15, 0.2) is 17.5 Å². The summed E-state index contributed by atoms with van der Waals surface area (Å²) >= 11 is -1.38. The molecule has 1 saturated heterocycles. The van der Waals surface area contributed by atoms with Crippen LogP contribution in [0.4, 0.5) is 17.2 Å². The van der Waals surface area contributed by atoms with Gasteiger partial charge in [0.2, 0.25) is 0 Å². The standard InChI is InChI=1S/C23H34N10O2S/c1-14-20(31-36(34)32(4)5)11-18(13-25-14)29-21-19(22-27-16(3)28-23(24)30-22)10-17(12-26-21)15(2)33-6-8-35-9-7-33/h10-13,15,23,31H,6-9,24H2,1-5H3,(H,26,29)(H,27,28,30)/t15-,23?,36?/m1/s1. The van der Waals surface area contributed by atoms with E-state index in [0.717, 1.165) is 43.1 Å². The van der Waals surface area contributed by atoms with E-state index in [1.54, 1.807) is 24.6 Å². The summed E-state index contributed by atoms with van der Waals surface area (Å²) in [4.78, 5) is 20.4. The zero-order chi connectivity index (χ0) is 25.8. The van der Waals surface area contributed by atoms with Crippen LogP contribution in [0, 0.1) is 6.92 Å². The molecule has 2 aromatic heterocycles. The number of hydrogen-bond donors (Lipinski definition) is 4. The number of nitrogens with two attached hydrogens (primary N) is 1. The Bertz CT molecular complexity index is 1180. The highest BCUT2D eigenvalue weighted by Gasteiger charge is 2.23. The van der Waals surface area contributed by atoms with Crippen molar-refractivity contribution in [1.82, 2.24) is 24.5 Å². The summed E-state index contributed by atoms with van der Waals surface area (Å²) in [6.45, 7) is 9.05. The molecule has 1 fully saturated rings. The zero-order valence-corrected chi connectivity index (χ0v) is 22.1. The first-order valence-corrected chi connectivity index (χ1v) is 12.9. The summed E-state index contributed by atoms with van der Waals surface area (Å²) in [6.07, 6.45) is 2.90. The highest BCUT2D eigenvalue weighted by Crippen LogP contribution is 2.28. The second kappa shape index (κ2) is 11.4. The second-order valence-corrected chi connectivity index (χ2v) is 10.3. The van der Waals surface area contributed by atoms with Gasteiger partial charge in [0.1, 0.15) is 17.5 Å². The molecule has 0 spiro atoms. The summed E-state index contributed by atoms with van der Waals surface area (Å²) in [7, 11) is 3.47. The van der Waals surface area contributed by atoms with Gasteiger partial charge in [-0.25, -0.2) is 23.5 Å². The largest absolute Gasteiger partial charge is 0.379 e. The fraction of sp³-hybridized carbons (Fsp3) is 0.478. The van der Waals surface area contributed by atoms with Gasteiger partial charge >= 0.3 is 0 Å². The molecule has 36 heavy (non-hydrogen) atoms. The average molecular weight is 515 g/mol. The van der Waals surface area contributed by atoms with Gasteiger partial charge in [0, 0.05) is 39.4 Å². The monoisotopic (exact) mass is 514 g/mol. The van der Waals surface area contributed by atoms with Gasteiger partial charge in [0.25, 0.3) is 0 Å². The Kier molecular flexibility index (Phi) is 8.26. The minimum Gasteiger partial charge on any atom is -0.379 e. The van der Waals surface area contributed by atoms with Gasteiger partial charge in [-0.3, -0.25) is 20.3 Å². The van der Waals surface area contributed by atoms with Crippen molar-refractivity contribution >= 4 is 40.0 Å². The van der Waals surface area contributed by atoms with E-state index in [0.29, 0.717) is 28.9 Å². The van der Waals surface area contributed by atoms with Gasteiger partial charge in [-0.05, 0) is 38.5 Å². The maximum Gasteiger partial charge on any atom is 0.195 e. The second-order valence-electron chi connectivity index (χ2n) is 8.87. The van der Waals surface area contributed by atoms with Crippen LogP contribution in [0.1, 0.15) is 36.7 Å². The van der Waals surface area contributed by atoms with Gasteiger partial charge in [-0.15, -0.1) is 0 Å². The van der Waals surface area contributed by atoms with Crippen molar-refractivity contribution in [3.05, 3.63) is 41.3 Å². The van der Waals surface area contributed by atoms with Gasteiger partial charge < -0.3 is 15.4 Å². The van der Waals surface area contributed by atoms with Crippen LogP contribution in [-0.2, 0) is 15.9 Å². The summed E-state index contributed by atoms with van der Waals surface area (Å²) in [5.74, 6) is 1.86. The van der Waals surface area contributed by atoms with Crippen molar-refractivity contribution < 1.29 is 8.95 Å². The lowest BCUT2D eigenvalue weighted by Crippen LogP contribution is -2.39. The highest BCUT2D eigenvalue weighted by molar-refractivity contribution is 7.84. The molecular weight excluding hydrogens is 480 g/mol. The molecule has 0 aliphatic carbocycles. The number of anilines is 3. The first kappa shape index (κ1) is 26.1. The molecule has 5 N–H and O–H groups in total. The fourth-order valence-electron chi connectivity index (χ4n) is 3.92. The van der Waals surface area contributed by atoms with Gasteiger partial charge in [0.05, 0.1) is 42.0 Å². The van der Waals surface area contributed by atoms with Crippen molar-refractivity contribution in [1.29, 1.82) is 0 Å². The summed E-state index contributed by atoms with van der Waals surface area (Å²) in [5.41, 5.74) is 9.95. The maximum absolute atomic E-state index is 12.3. The molecule has 194 valence electrons. The molecule has 12 nitrogen and oxygen atoms in total. The van der Waals surface area contributed by atoms with E-state index in [4.69, 9.17) is 15.5 Å². The van der Waals surface area contributed by atoms with Crippen molar-refractivity contribution in [2.45, 2.75) is 33.1 Å². The third-order valence-electron chi connectivity index (χ3n) is 6.00. The van der Waals surface area contributed by atoms with Crippen LogP contribution in [0.25, 0.3) is 0 Å². The first-order valence-electron chi connectivity index (χ1n) is 11.8. The molecule has 0 radical (unpaired) electrons. The lowest BCUT2D eigenvalue weighted by molar-refractivity contribution is 0.0198. The zero-order valence-electron chi connectivity index (χ0n) is 21.3. The van der Waals surface area contributed by atoms with Crippen LogP contribution < -0.4 is 21.1 Å². The van der Waals surface area contributed by atoms with Crippen LogP contribution >= 0.6 is 0 Å². The number of nitrogens with zero attached hydrogens (tertiary/aromatic N) is 6. The number of amidine groups is 2. The number of nitrogens with one attached hydrogen (secondary N) is 3. The quantitative estimate of drug-likeness (QED) is 0.415. The number of pyridine rings is 2. The Labute approximate surface area is 214 Å². The number of aryl methyl sites for hydroxylation is 1. The Hall–Kier alpha value is -2.97. The molecule has 4 rings (SSSR count). The van der Waals surface area contributed by atoms with Crippen LogP contribution in [0.2, 0.25) is 0 Å². The predicted octanol–water partition coefficient (Wildman–Crippen LogP) is 1.48. The van der Waals surface area contributed by atoms with E-state index in [2.05, 4.69) is 48.2 Å². The fourth-order valence-corrected chi connectivity index (χ4v) is 4.50. The summed E-state index contributed by atoms with van der Waals surface area (Å²) in [6, 6.07) is 4.09. The lowest BCUT2D eigenvalue weighted by Gasteiger charge is -2.32. The Morgan fingerprint density at radius 2 is 1.94 bits per heavy atom. The molecule has 2 aromatic rings. The third-order valence-corrected chi connectivity index (χ3v) is 7.06. The lowest BCUT2D eigenvalue weighted by atomic mass is 10.0. The highest BCUT2D eigenvalue weighted by atomic mass is 32.2. The predicted molar refractivity (Wildman–Crippen MR) is 144 cm³/mol. The van der Waals surface area contributed by atoms with Crippen LogP contribution in [0.15, 0.2) is 34.5 Å². The van der Waals surface area contributed by atoms with Crippen molar-refractivity contribution in [3.63, 3.8) is 0 Å². The first-order chi connectivity index (χ1) is 17.2. The average Bonchev–Trinajstić information content (AvgIpc) is 2.85. The van der Waals surface area contributed by atoms with E-state index >= 15 is 0 Å². The minimum absolute atomic E-state index is 0.152. The number of aromatic nitrogens is 2. The number of morpholine rings is 1. The number of ether oxygens (including phenoxy) is 1. The maximum atomic E-state index is 12.3. The summed E-state index contributed by atoms with van der Waals surface area (Å²) < 4.78 is 22.4. The topological polar surface area (TPSA) is 145 Å². The van der Waals surface area contributed by atoms with Crippen molar-refractivity contribution in [2.75, 3.05) is 50.4 Å². The molecule has 3 atom stereocenters. The molecule has 0 saturated carbocycles. The summed E-state index contributed by atoms with van der Waals surface area (Å²) in [5, 5.41) is 6.58. The Morgan fingerprint density at radius 1 is 1.19 bits per heavy atom. The molecule has 4 heterocycles. The van der Waals surface area contributed by atoms with Crippen molar-refractivity contribution in [2.24, 2.45) is 15.7 Å². The third kappa shape index (κ3) is 6.23. The molecule has 0 bridgehead atoms. The molecule has 13 heteroatoms.